The van der Waals surface area contributed by atoms with Crippen LogP contribution in [0.5, 0.6) is 17.2 Å². The maximum atomic E-state index is 13.5. The summed E-state index contributed by atoms with van der Waals surface area (Å²) in [5.41, 5.74) is 2.71. The molecule has 244 valence electrons. The van der Waals surface area contributed by atoms with Crippen molar-refractivity contribution in [1.29, 1.82) is 0 Å². The number of nitrogens with one attached hydrogen (secondary N) is 1. The number of hydroxylamine groups is 1. The van der Waals surface area contributed by atoms with E-state index in [-0.39, 0.29) is 29.2 Å². The number of likely N-dealkylation sites (tertiary alicyclic amines) is 1. The summed E-state index contributed by atoms with van der Waals surface area (Å²) in [7, 11) is -4.15. The van der Waals surface area contributed by atoms with Crippen LogP contribution in [0.15, 0.2) is 82.6 Å². The molecule has 1 aliphatic carbocycles. The van der Waals surface area contributed by atoms with Crippen LogP contribution >= 0.6 is 12.0 Å². The highest BCUT2D eigenvalue weighted by Gasteiger charge is 2.54. The average Bonchev–Trinajstić information content (AvgIpc) is 3.87. The molecule has 0 radical (unpaired) electrons. The molecule has 3 aromatic rings. The number of carbonyl (C=O) groups excluding carboxylic acids is 1. The van der Waals surface area contributed by atoms with Gasteiger partial charge in [0, 0.05) is 24.0 Å². The number of hydrogen-bond acceptors (Lipinski definition) is 11. The molecule has 11 nitrogen and oxygen atoms in total. The summed E-state index contributed by atoms with van der Waals surface area (Å²) in [6, 6.07) is 18.2. The van der Waals surface area contributed by atoms with Crippen LogP contribution in [0.2, 0.25) is 0 Å². The zero-order valence-corrected chi connectivity index (χ0v) is 25.5. The Morgan fingerprint density at radius 3 is 1.96 bits per heavy atom. The highest BCUT2D eigenvalue weighted by atomic mass is 32.2. The maximum absolute atomic E-state index is 13.5. The van der Waals surface area contributed by atoms with Crippen molar-refractivity contribution >= 4 is 27.8 Å². The van der Waals surface area contributed by atoms with Crippen molar-refractivity contribution in [2.45, 2.75) is 59.5 Å². The van der Waals surface area contributed by atoms with E-state index in [1.54, 1.807) is 0 Å². The summed E-state index contributed by atoms with van der Waals surface area (Å²) >= 11 is 0.957. The van der Waals surface area contributed by atoms with E-state index in [2.05, 4.69) is 19.0 Å². The second kappa shape index (κ2) is 14.8. The lowest BCUT2D eigenvalue weighted by atomic mass is 9.94. The number of nitrogens with zero attached hydrogens (tertiary/aromatic N) is 1. The fourth-order valence-corrected chi connectivity index (χ4v) is 7.13. The second-order valence-electron chi connectivity index (χ2n) is 10.3. The van der Waals surface area contributed by atoms with Gasteiger partial charge in [-0.2, -0.15) is 0 Å². The highest BCUT2D eigenvalue weighted by molar-refractivity contribution is 7.94. The van der Waals surface area contributed by atoms with E-state index < -0.39 is 32.6 Å². The van der Waals surface area contributed by atoms with Crippen LogP contribution in [0.3, 0.4) is 0 Å². The van der Waals surface area contributed by atoms with Gasteiger partial charge in [0.25, 0.3) is 5.91 Å². The standard InChI is InChI=1S/C22H23F3N2O6S.C7H8O3S/c23-22(24,25)33-18-5-3-16(4-6-18)32-17-7-9-19(10-8-17)34(30,31)21(20(28)26-29)11-13-27(14-12-21)15-1-2-15;1-6-2-4-7(5-3-6)11-10-9-8/h3-10,15,29H,1-2,11-14H2,(H,26,28);2-5,8H,1H3. The lowest BCUT2D eigenvalue weighted by Gasteiger charge is -2.39. The Labute approximate surface area is 261 Å². The minimum Gasteiger partial charge on any atom is -0.457 e. The summed E-state index contributed by atoms with van der Waals surface area (Å²) in [5, 5.41) is 20.5. The van der Waals surface area contributed by atoms with Crippen molar-refractivity contribution in [3.63, 3.8) is 0 Å². The molecule has 2 aliphatic rings. The third-order valence-electron chi connectivity index (χ3n) is 7.31. The smallest absolute Gasteiger partial charge is 0.457 e. The van der Waals surface area contributed by atoms with Gasteiger partial charge in [0.05, 0.1) is 16.9 Å². The Balaban J connectivity index is 0.000000354. The lowest BCUT2D eigenvalue weighted by molar-refractivity contribution is -0.432. The van der Waals surface area contributed by atoms with Crippen molar-refractivity contribution in [2.24, 2.45) is 0 Å². The summed E-state index contributed by atoms with van der Waals surface area (Å²) in [4.78, 5) is 15.5. The Morgan fingerprint density at radius 1 is 0.933 bits per heavy atom. The van der Waals surface area contributed by atoms with Gasteiger partial charge < -0.3 is 14.4 Å². The van der Waals surface area contributed by atoms with Gasteiger partial charge in [-0.3, -0.25) is 10.0 Å². The van der Waals surface area contributed by atoms with E-state index in [9.17, 15) is 31.6 Å². The van der Waals surface area contributed by atoms with Gasteiger partial charge in [-0.15, -0.1) is 17.5 Å². The van der Waals surface area contributed by atoms with Crippen LogP contribution < -0.4 is 15.0 Å². The Morgan fingerprint density at radius 2 is 1.47 bits per heavy atom. The van der Waals surface area contributed by atoms with Crippen molar-refractivity contribution < 1.29 is 55.7 Å². The Hall–Kier alpha value is -3.38. The molecule has 3 aromatic carbocycles. The number of ether oxygens (including phenoxy) is 2. The summed E-state index contributed by atoms with van der Waals surface area (Å²) in [6.07, 6.45) is -2.56. The number of hydrogen-bond donors (Lipinski definition) is 3. The number of piperidine rings is 1. The zero-order chi connectivity index (χ0) is 32.7. The molecule has 45 heavy (non-hydrogen) atoms. The van der Waals surface area contributed by atoms with E-state index in [1.165, 1.54) is 47.4 Å². The Bertz CT molecular complexity index is 1510. The first-order chi connectivity index (χ1) is 21.4. The molecule has 0 spiro atoms. The van der Waals surface area contributed by atoms with Gasteiger partial charge in [0.2, 0.25) is 0 Å². The lowest BCUT2D eigenvalue weighted by Crippen LogP contribution is -2.58. The molecule has 2 fully saturated rings. The minimum atomic E-state index is -4.80. The summed E-state index contributed by atoms with van der Waals surface area (Å²) in [5.74, 6) is -0.896. The molecule has 1 amide bonds. The van der Waals surface area contributed by atoms with E-state index in [4.69, 9.17) is 9.99 Å². The van der Waals surface area contributed by atoms with Crippen LogP contribution in [0.1, 0.15) is 31.2 Å². The average molecular weight is 673 g/mol. The second-order valence-corrected chi connectivity index (χ2v) is 13.4. The number of rotatable bonds is 10. The van der Waals surface area contributed by atoms with Gasteiger partial charge >= 0.3 is 6.36 Å². The molecular formula is C29H31F3N2O9S2. The first-order valence-electron chi connectivity index (χ1n) is 13.7. The predicted octanol–water partition coefficient (Wildman–Crippen LogP) is 6.08. The molecular weight excluding hydrogens is 641 g/mol. The number of sulfone groups is 1. The van der Waals surface area contributed by atoms with Crippen LogP contribution in [0.25, 0.3) is 0 Å². The first kappa shape index (κ1) is 34.5. The minimum absolute atomic E-state index is 0.0584. The van der Waals surface area contributed by atoms with Crippen molar-refractivity contribution in [3.05, 3.63) is 78.4 Å². The zero-order valence-electron chi connectivity index (χ0n) is 23.9. The molecule has 1 aliphatic heterocycles. The largest absolute Gasteiger partial charge is 0.573 e. The number of aryl methyl sites for hydroxylation is 1. The predicted molar refractivity (Wildman–Crippen MR) is 155 cm³/mol. The van der Waals surface area contributed by atoms with Crippen LogP contribution in [0, 0.1) is 6.92 Å². The van der Waals surface area contributed by atoms with Gasteiger partial charge in [-0.25, -0.2) is 19.2 Å². The molecule has 1 saturated heterocycles. The van der Waals surface area contributed by atoms with Crippen LogP contribution in [-0.4, -0.2) is 59.9 Å². The van der Waals surface area contributed by atoms with Crippen molar-refractivity contribution in [3.8, 4) is 17.2 Å². The molecule has 16 heteroatoms. The maximum Gasteiger partial charge on any atom is 0.573 e. The summed E-state index contributed by atoms with van der Waals surface area (Å²) < 4.78 is 75.6. The number of alkyl halides is 3. The van der Waals surface area contributed by atoms with Crippen molar-refractivity contribution in [2.75, 3.05) is 13.1 Å². The molecule has 0 bridgehead atoms. The third-order valence-corrected chi connectivity index (χ3v) is 10.4. The number of halogens is 3. The summed E-state index contributed by atoms with van der Waals surface area (Å²) in [6.45, 7) is 2.87. The molecule has 1 heterocycles. The van der Waals surface area contributed by atoms with Gasteiger partial charge in [0.1, 0.15) is 17.2 Å². The first-order valence-corrected chi connectivity index (χ1v) is 15.9. The number of carbonyl (C=O) groups is 1. The Kier molecular flexibility index (Phi) is 11.4. The van der Waals surface area contributed by atoms with Gasteiger partial charge in [-0.1, -0.05) is 22.7 Å². The number of benzene rings is 3. The SMILES string of the molecule is Cc1ccc(SOOO)cc1.O=C(NO)C1(S(=O)(=O)c2ccc(Oc3ccc(OC(F)(F)F)cc3)cc2)CCN(C2CC2)CC1. The van der Waals surface area contributed by atoms with E-state index in [0.717, 1.165) is 41.9 Å². The molecule has 0 aromatic heterocycles. The third kappa shape index (κ3) is 9.09. The van der Waals surface area contributed by atoms with Crippen LogP contribution in [-0.2, 0) is 24.0 Å². The van der Waals surface area contributed by atoms with E-state index >= 15 is 0 Å². The molecule has 0 unspecified atom stereocenters. The normalized spacial score (nSPS) is 16.7. The molecule has 1 saturated carbocycles. The van der Waals surface area contributed by atoms with Gasteiger partial charge in [-0.05, 0) is 93.3 Å². The monoisotopic (exact) mass is 672 g/mol. The number of amides is 1. The van der Waals surface area contributed by atoms with Crippen molar-refractivity contribution in [1.82, 2.24) is 10.4 Å². The molecule has 5 rings (SSSR count). The highest BCUT2D eigenvalue weighted by Crippen LogP contribution is 2.40. The fourth-order valence-electron chi connectivity index (χ4n) is 4.82. The van der Waals surface area contributed by atoms with Crippen LogP contribution in [0.4, 0.5) is 13.2 Å². The fraction of sp³-hybridized carbons (Fsp3) is 0.345. The molecule has 3 N–H and O–H groups in total. The molecule has 0 atom stereocenters. The quantitative estimate of drug-likeness (QED) is 0.0998. The van der Waals surface area contributed by atoms with E-state index in [1.807, 2.05) is 31.2 Å². The topological polar surface area (TPSA) is 144 Å². The van der Waals surface area contributed by atoms with E-state index in [0.29, 0.717) is 19.1 Å². The van der Waals surface area contributed by atoms with Gasteiger partial charge in [0.15, 0.2) is 14.6 Å².